The Morgan fingerprint density at radius 1 is 1.38 bits per heavy atom. The summed E-state index contributed by atoms with van der Waals surface area (Å²) in [5.41, 5.74) is 5.63. The van der Waals surface area contributed by atoms with E-state index in [2.05, 4.69) is 6.92 Å². The fourth-order valence-corrected chi connectivity index (χ4v) is 1.79. The molecule has 4 nitrogen and oxygen atoms in total. The van der Waals surface area contributed by atoms with Gasteiger partial charge in [-0.25, -0.2) is 0 Å². The second-order valence-electron chi connectivity index (χ2n) is 3.40. The van der Waals surface area contributed by atoms with Gasteiger partial charge < -0.3 is 15.2 Å². The Bertz CT molecular complexity index is 179. The lowest BCUT2D eigenvalue weighted by atomic mass is 10.4. The third-order valence-electron chi connectivity index (χ3n) is 1.90. The van der Waals surface area contributed by atoms with Gasteiger partial charge in [0.05, 0.1) is 13.2 Å². The summed E-state index contributed by atoms with van der Waals surface area (Å²) < 4.78 is 10.2. The molecule has 0 aliphatic heterocycles. The van der Waals surface area contributed by atoms with Gasteiger partial charge in [0.25, 0.3) is 0 Å². The summed E-state index contributed by atoms with van der Waals surface area (Å²) >= 11 is 1.62. The van der Waals surface area contributed by atoms with Crippen LogP contribution in [-0.4, -0.2) is 43.3 Å². The van der Waals surface area contributed by atoms with E-state index in [0.717, 1.165) is 31.8 Å². The van der Waals surface area contributed by atoms with Gasteiger partial charge in [0.2, 0.25) is 0 Å². The van der Waals surface area contributed by atoms with Gasteiger partial charge in [0.15, 0.2) is 0 Å². The van der Waals surface area contributed by atoms with Crippen molar-refractivity contribution in [2.24, 2.45) is 5.73 Å². The Balaban J connectivity index is 3.27. The molecule has 0 aliphatic rings. The maximum absolute atomic E-state index is 11.2. The summed E-state index contributed by atoms with van der Waals surface area (Å²) in [4.78, 5) is 11.2. The highest BCUT2D eigenvalue weighted by Gasteiger charge is 2.13. The summed E-state index contributed by atoms with van der Waals surface area (Å²) in [6.45, 7) is 5.84. The molecule has 5 heteroatoms. The molecular weight excluding hydrogens is 226 g/mol. The molecule has 0 radical (unpaired) electrons. The van der Waals surface area contributed by atoms with Crippen LogP contribution in [0.2, 0.25) is 0 Å². The van der Waals surface area contributed by atoms with Crippen LogP contribution in [0.5, 0.6) is 0 Å². The number of carbonyl (C=O) groups excluding carboxylic acids is 1. The lowest BCUT2D eigenvalue weighted by Gasteiger charge is -2.09. The van der Waals surface area contributed by atoms with Crippen LogP contribution in [0, 0.1) is 0 Å². The Morgan fingerprint density at radius 3 is 2.75 bits per heavy atom. The van der Waals surface area contributed by atoms with Crippen molar-refractivity contribution >= 4 is 17.7 Å². The van der Waals surface area contributed by atoms with E-state index >= 15 is 0 Å². The highest BCUT2D eigenvalue weighted by Crippen LogP contribution is 2.03. The molecule has 0 saturated heterocycles. The zero-order valence-corrected chi connectivity index (χ0v) is 11.1. The molecule has 0 rings (SSSR count). The largest absolute Gasteiger partial charge is 0.465 e. The third kappa shape index (κ3) is 9.00. The monoisotopic (exact) mass is 249 g/mol. The molecule has 0 aromatic rings. The summed E-state index contributed by atoms with van der Waals surface area (Å²) in [6.07, 6.45) is 2.26. The van der Waals surface area contributed by atoms with E-state index in [9.17, 15) is 4.79 Å². The first kappa shape index (κ1) is 15.7. The van der Waals surface area contributed by atoms with Crippen LogP contribution in [-0.2, 0) is 14.3 Å². The topological polar surface area (TPSA) is 61.5 Å². The van der Waals surface area contributed by atoms with Gasteiger partial charge >= 0.3 is 5.97 Å². The van der Waals surface area contributed by atoms with Crippen LogP contribution in [0.25, 0.3) is 0 Å². The second kappa shape index (κ2) is 11.2. The number of unbranched alkanes of at least 4 members (excludes halogenated alkanes) is 1. The zero-order valence-electron chi connectivity index (χ0n) is 10.2. The van der Waals surface area contributed by atoms with Crippen molar-refractivity contribution in [3.05, 3.63) is 0 Å². The third-order valence-corrected chi connectivity index (χ3v) is 2.95. The smallest absolute Gasteiger partial charge is 0.323 e. The molecular formula is C11H23NO3S. The van der Waals surface area contributed by atoms with Crippen molar-refractivity contribution in [2.75, 3.05) is 31.3 Å². The van der Waals surface area contributed by atoms with Gasteiger partial charge in [0.1, 0.15) is 6.04 Å². The molecule has 0 heterocycles. The first-order valence-corrected chi connectivity index (χ1v) is 6.95. The Labute approximate surface area is 102 Å². The van der Waals surface area contributed by atoms with Gasteiger partial charge in [-0.3, -0.25) is 4.79 Å². The molecule has 96 valence electrons. The normalized spacial score (nSPS) is 12.4. The molecule has 1 atom stereocenters. The molecule has 0 amide bonds. The van der Waals surface area contributed by atoms with Gasteiger partial charge in [-0.15, -0.1) is 0 Å². The van der Waals surface area contributed by atoms with Crippen molar-refractivity contribution in [3.8, 4) is 0 Å². The van der Waals surface area contributed by atoms with Crippen molar-refractivity contribution < 1.29 is 14.3 Å². The quantitative estimate of drug-likeness (QED) is 0.469. The maximum atomic E-state index is 11.2. The molecule has 0 aliphatic carbocycles. The second-order valence-corrected chi connectivity index (χ2v) is 4.55. The molecule has 0 aromatic carbocycles. The van der Waals surface area contributed by atoms with E-state index < -0.39 is 6.04 Å². The van der Waals surface area contributed by atoms with Crippen LogP contribution in [0.3, 0.4) is 0 Å². The molecule has 0 saturated carbocycles. The van der Waals surface area contributed by atoms with E-state index in [1.807, 2.05) is 0 Å². The number of rotatable bonds is 10. The SMILES string of the molecule is CCCCOCCSCC(N)C(=O)OCC. The Hall–Kier alpha value is -0.260. The first-order chi connectivity index (χ1) is 7.72. The molecule has 0 spiro atoms. The molecule has 2 N–H and O–H groups in total. The van der Waals surface area contributed by atoms with E-state index in [4.69, 9.17) is 15.2 Å². The molecule has 1 unspecified atom stereocenters. The Kier molecular flexibility index (Phi) is 11.0. The number of esters is 1. The molecule has 16 heavy (non-hydrogen) atoms. The average Bonchev–Trinajstić information content (AvgIpc) is 2.28. The van der Waals surface area contributed by atoms with E-state index in [1.165, 1.54) is 0 Å². The van der Waals surface area contributed by atoms with Crippen LogP contribution >= 0.6 is 11.8 Å². The minimum Gasteiger partial charge on any atom is -0.465 e. The van der Waals surface area contributed by atoms with Gasteiger partial charge in [0, 0.05) is 18.1 Å². The maximum Gasteiger partial charge on any atom is 0.323 e. The highest BCUT2D eigenvalue weighted by molar-refractivity contribution is 7.99. The van der Waals surface area contributed by atoms with Crippen LogP contribution in [0.1, 0.15) is 26.7 Å². The average molecular weight is 249 g/mol. The number of thioether (sulfide) groups is 1. The van der Waals surface area contributed by atoms with Gasteiger partial charge in [-0.2, -0.15) is 11.8 Å². The van der Waals surface area contributed by atoms with Crippen molar-refractivity contribution in [1.82, 2.24) is 0 Å². The lowest BCUT2D eigenvalue weighted by Crippen LogP contribution is -2.34. The highest BCUT2D eigenvalue weighted by atomic mass is 32.2. The number of hydrogen-bond acceptors (Lipinski definition) is 5. The van der Waals surface area contributed by atoms with Crippen LogP contribution < -0.4 is 5.73 Å². The molecule has 0 aromatic heterocycles. The zero-order chi connectivity index (χ0) is 12.2. The van der Waals surface area contributed by atoms with Crippen molar-refractivity contribution in [2.45, 2.75) is 32.7 Å². The Morgan fingerprint density at radius 2 is 2.12 bits per heavy atom. The predicted molar refractivity (Wildman–Crippen MR) is 67.7 cm³/mol. The van der Waals surface area contributed by atoms with E-state index in [0.29, 0.717) is 12.4 Å². The lowest BCUT2D eigenvalue weighted by molar-refractivity contribution is -0.144. The summed E-state index contributed by atoms with van der Waals surface area (Å²) in [5.74, 6) is 1.15. The summed E-state index contributed by atoms with van der Waals surface area (Å²) in [7, 11) is 0. The van der Waals surface area contributed by atoms with Crippen LogP contribution in [0.15, 0.2) is 0 Å². The number of carbonyl (C=O) groups is 1. The van der Waals surface area contributed by atoms with E-state index in [1.54, 1.807) is 18.7 Å². The summed E-state index contributed by atoms with van der Waals surface area (Å²) in [5, 5.41) is 0. The van der Waals surface area contributed by atoms with Gasteiger partial charge in [-0.1, -0.05) is 13.3 Å². The molecule has 0 fully saturated rings. The predicted octanol–water partition coefficient (Wildman–Crippen LogP) is 1.43. The van der Waals surface area contributed by atoms with E-state index in [-0.39, 0.29) is 5.97 Å². The van der Waals surface area contributed by atoms with Crippen molar-refractivity contribution in [1.29, 1.82) is 0 Å². The standard InChI is InChI=1S/C11H23NO3S/c1-3-5-6-14-7-8-16-9-10(12)11(13)15-4-2/h10H,3-9,12H2,1-2H3. The van der Waals surface area contributed by atoms with Crippen LogP contribution in [0.4, 0.5) is 0 Å². The number of nitrogens with two attached hydrogens (primary N) is 1. The number of hydrogen-bond donors (Lipinski definition) is 1. The fourth-order valence-electron chi connectivity index (χ4n) is 0.994. The molecule has 0 bridgehead atoms. The van der Waals surface area contributed by atoms with Gasteiger partial charge in [-0.05, 0) is 13.3 Å². The minimum atomic E-state index is -0.513. The minimum absolute atomic E-state index is 0.318. The number of ether oxygens (including phenoxy) is 2. The fraction of sp³-hybridized carbons (Fsp3) is 0.909. The van der Waals surface area contributed by atoms with Crippen molar-refractivity contribution in [3.63, 3.8) is 0 Å². The summed E-state index contributed by atoms with van der Waals surface area (Å²) in [6, 6.07) is -0.513. The first-order valence-electron chi connectivity index (χ1n) is 5.80.